The van der Waals surface area contributed by atoms with E-state index in [0.29, 0.717) is 12.2 Å². The highest BCUT2D eigenvalue weighted by Crippen LogP contribution is 2.35. The number of phenols is 1. The van der Waals surface area contributed by atoms with Gasteiger partial charge in [-0.3, -0.25) is 4.98 Å². The number of aromatic nitrogens is 1. The highest BCUT2D eigenvalue weighted by atomic mass is 16.7. The first-order chi connectivity index (χ1) is 11.2. The maximum Gasteiger partial charge on any atom is 0.231 e. The number of fused-ring (bicyclic) bond motifs is 2. The van der Waals surface area contributed by atoms with Crippen LogP contribution in [0.1, 0.15) is 11.3 Å². The van der Waals surface area contributed by atoms with E-state index < -0.39 is 0 Å². The molecular weight excluding hydrogens is 294 g/mol. The molecule has 4 rings (SSSR count). The summed E-state index contributed by atoms with van der Waals surface area (Å²) in [6.45, 7) is 0.263. The summed E-state index contributed by atoms with van der Waals surface area (Å²) in [4.78, 5) is 4.47. The number of aromatic hydroxyl groups is 1. The second-order valence-electron chi connectivity index (χ2n) is 5.37. The Morgan fingerprint density at radius 2 is 2.00 bits per heavy atom. The molecule has 5 heteroatoms. The third kappa shape index (κ3) is 2.40. The summed E-state index contributed by atoms with van der Waals surface area (Å²) in [6, 6.07) is 11.3. The molecule has 0 unspecified atom stereocenters. The molecular formula is C18H15NO4. The monoisotopic (exact) mass is 309 g/mol. The van der Waals surface area contributed by atoms with Gasteiger partial charge in [0.15, 0.2) is 23.0 Å². The number of pyridine rings is 1. The summed E-state index contributed by atoms with van der Waals surface area (Å²) in [6.07, 6.45) is 2.40. The fourth-order valence-electron chi connectivity index (χ4n) is 2.80. The van der Waals surface area contributed by atoms with Crippen LogP contribution in [0, 0.1) is 0 Å². The Bertz CT molecular complexity index is 892. The molecule has 0 radical (unpaired) electrons. The average Bonchev–Trinajstić information content (AvgIpc) is 3.02. The molecule has 1 aromatic heterocycles. The van der Waals surface area contributed by atoms with Crippen LogP contribution in [-0.2, 0) is 6.42 Å². The van der Waals surface area contributed by atoms with Gasteiger partial charge in [0.1, 0.15) is 0 Å². The number of nitrogens with zero attached hydrogens (tertiary/aromatic N) is 1. The van der Waals surface area contributed by atoms with Gasteiger partial charge >= 0.3 is 0 Å². The molecule has 0 fully saturated rings. The number of ether oxygens (including phenoxy) is 3. The van der Waals surface area contributed by atoms with E-state index in [2.05, 4.69) is 4.98 Å². The van der Waals surface area contributed by atoms with Gasteiger partial charge in [0.05, 0.1) is 12.8 Å². The second kappa shape index (κ2) is 5.35. The number of methoxy groups -OCH3 is 1. The number of benzene rings is 2. The van der Waals surface area contributed by atoms with Crippen molar-refractivity contribution in [3.8, 4) is 23.0 Å². The van der Waals surface area contributed by atoms with Crippen molar-refractivity contribution < 1.29 is 19.3 Å². The molecule has 2 heterocycles. The van der Waals surface area contributed by atoms with Gasteiger partial charge in [-0.2, -0.15) is 0 Å². The predicted molar refractivity (Wildman–Crippen MR) is 85.3 cm³/mol. The van der Waals surface area contributed by atoms with Crippen molar-refractivity contribution in [2.75, 3.05) is 13.9 Å². The Hall–Kier alpha value is -2.95. The SMILES string of the molecule is COc1cc2ccnc(Cc3ccc4c(c3)OCO4)c2cc1O. The van der Waals surface area contributed by atoms with Crippen LogP contribution in [0.5, 0.6) is 23.0 Å². The molecule has 0 saturated carbocycles. The molecule has 5 nitrogen and oxygen atoms in total. The van der Waals surface area contributed by atoms with Crippen LogP contribution in [-0.4, -0.2) is 24.0 Å². The fraction of sp³-hybridized carbons (Fsp3) is 0.167. The number of hydrogen-bond donors (Lipinski definition) is 1. The summed E-state index contributed by atoms with van der Waals surface area (Å²) in [5.74, 6) is 2.09. The minimum absolute atomic E-state index is 0.111. The lowest BCUT2D eigenvalue weighted by Crippen LogP contribution is -1.95. The van der Waals surface area contributed by atoms with Crippen LogP contribution < -0.4 is 14.2 Å². The molecule has 116 valence electrons. The quantitative estimate of drug-likeness (QED) is 0.804. The number of phenolic OH excluding ortho intramolecular Hbond substituents is 1. The molecule has 1 N–H and O–H groups in total. The van der Waals surface area contributed by atoms with E-state index in [1.807, 2.05) is 30.3 Å². The molecule has 3 aromatic rings. The molecule has 1 aliphatic heterocycles. The van der Waals surface area contributed by atoms with Gasteiger partial charge in [-0.1, -0.05) is 6.07 Å². The summed E-state index contributed by atoms with van der Waals surface area (Å²) < 4.78 is 15.9. The first kappa shape index (κ1) is 13.7. The molecule has 0 aliphatic carbocycles. The molecule has 0 bridgehead atoms. The van der Waals surface area contributed by atoms with Crippen LogP contribution >= 0.6 is 0 Å². The van der Waals surface area contributed by atoms with Gasteiger partial charge in [0.2, 0.25) is 6.79 Å². The maximum absolute atomic E-state index is 10.0. The van der Waals surface area contributed by atoms with Crippen molar-refractivity contribution in [3.05, 3.63) is 53.9 Å². The molecule has 23 heavy (non-hydrogen) atoms. The van der Waals surface area contributed by atoms with E-state index in [1.165, 1.54) is 7.11 Å². The van der Waals surface area contributed by atoms with Gasteiger partial charge in [-0.15, -0.1) is 0 Å². The van der Waals surface area contributed by atoms with Crippen molar-refractivity contribution in [1.82, 2.24) is 4.98 Å². The largest absolute Gasteiger partial charge is 0.504 e. The first-order valence-electron chi connectivity index (χ1n) is 7.28. The van der Waals surface area contributed by atoms with E-state index in [-0.39, 0.29) is 12.5 Å². The molecule has 0 atom stereocenters. The Labute approximate surface area is 133 Å². The highest BCUT2D eigenvalue weighted by molar-refractivity contribution is 5.88. The molecule has 0 amide bonds. The zero-order valence-corrected chi connectivity index (χ0v) is 12.6. The fourth-order valence-corrected chi connectivity index (χ4v) is 2.80. The molecule has 0 saturated heterocycles. The Morgan fingerprint density at radius 3 is 2.87 bits per heavy atom. The third-order valence-electron chi connectivity index (χ3n) is 3.95. The minimum atomic E-state index is 0.111. The maximum atomic E-state index is 10.0. The minimum Gasteiger partial charge on any atom is -0.504 e. The highest BCUT2D eigenvalue weighted by Gasteiger charge is 2.14. The van der Waals surface area contributed by atoms with Crippen molar-refractivity contribution in [1.29, 1.82) is 0 Å². The van der Waals surface area contributed by atoms with Gasteiger partial charge < -0.3 is 19.3 Å². The van der Waals surface area contributed by atoms with Crippen molar-refractivity contribution in [3.63, 3.8) is 0 Å². The van der Waals surface area contributed by atoms with E-state index in [9.17, 15) is 5.11 Å². The summed E-state index contributed by atoms with van der Waals surface area (Å²) in [5, 5.41) is 11.9. The van der Waals surface area contributed by atoms with E-state index >= 15 is 0 Å². The Morgan fingerprint density at radius 1 is 1.13 bits per heavy atom. The van der Waals surface area contributed by atoms with Gasteiger partial charge in [-0.25, -0.2) is 0 Å². The van der Waals surface area contributed by atoms with Crippen molar-refractivity contribution in [2.45, 2.75) is 6.42 Å². The van der Waals surface area contributed by atoms with Crippen LogP contribution in [0.15, 0.2) is 42.6 Å². The van der Waals surface area contributed by atoms with Gasteiger partial charge in [-0.05, 0) is 41.3 Å². The molecule has 0 spiro atoms. The summed E-state index contributed by atoms with van der Waals surface area (Å²) in [7, 11) is 1.54. The second-order valence-corrected chi connectivity index (χ2v) is 5.37. The normalized spacial score (nSPS) is 12.6. The third-order valence-corrected chi connectivity index (χ3v) is 3.95. The lowest BCUT2D eigenvalue weighted by atomic mass is 10.0. The average molecular weight is 309 g/mol. The van der Waals surface area contributed by atoms with Crippen LogP contribution in [0.2, 0.25) is 0 Å². The van der Waals surface area contributed by atoms with E-state index in [1.54, 1.807) is 12.3 Å². The summed E-state index contributed by atoms with van der Waals surface area (Å²) in [5.41, 5.74) is 1.96. The van der Waals surface area contributed by atoms with Gasteiger partial charge in [0, 0.05) is 18.0 Å². The van der Waals surface area contributed by atoms with E-state index in [0.717, 1.165) is 33.5 Å². The van der Waals surface area contributed by atoms with Crippen LogP contribution in [0.25, 0.3) is 10.8 Å². The number of rotatable bonds is 3. The van der Waals surface area contributed by atoms with E-state index in [4.69, 9.17) is 14.2 Å². The van der Waals surface area contributed by atoms with Crippen molar-refractivity contribution >= 4 is 10.8 Å². The standard InChI is InChI=1S/C18H15NO4/c1-21-17-8-12-4-5-19-14(13(12)9-15(17)20)6-11-2-3-16-18(7-11)23-10-22-16/h2-5,7-9,20H,6,10H2,1H3. The smallest absolute Gasteiger partial charge is 0.231 e. The molecule has 2 aromatic carbocycles. The zero-order valence-electron chi connectivity index (χ0n) is 12.6. The number of hydrogen-bond acceptors (Lipinski definition) is 5. The predicted octanol–water partition coefficient (Wildman–Crippen LogP) is 3.27. The van der Waals surface area contributed by atoms with Crippen LogP contribution in [0.4, 0.5) is 0 Å². The zero-order chi connectivity index (χ0) is 15.8. The van der Waals surface area contributed by atoms with Crippen molar-refractivity contribution in [2.24, 2.45) is 0 Å². The lowest BCUT2D eigenvalue weighted by molar-refractivity contribution is 0.174. The van der Waals surface area contributed by atoms with Crippen LogP contribution in [0.3, 0.4) is 0 Å². The topological polar surface area (TPSA) is 60.8 Å². The molecule has 1 aliphatic rings. The Balaban J connectivity index is 1.75. The van der Waals surface area contributed by atoms with Gasteiger partial charge in [0.25, 0.3) is 0 Å². The summed E-state index contributed by atoms with van der Waals surface area (Å²) >= 11 is 0. The Kier molecular flexibility index (Phi) is 3.19. The first-order valence-corrected chi connectivity index (χ1v) is 7.28. The lowest BCUT2D eigenvalue weighted by Gasteiger charge is -2.09.